The van der Waals surface area contributed by atoms with Gasteiger partial charge in [0.1, 0.15) is 11.5 Å². The standard InChI is InChI=1S/C18H17ClN2OS/c1-12-4-3-5-17(13(12)2)22-15-8-6-14(7-9-15)20-10-16-11-21-18(19)23-16/h3-9,11,20H,10H2,1-2H3. The number of aromatic nitrogens is 1. The summed E-state index contributed by atoms with van der Waals surface area (Å²) in [6.45, 7) is 4.86. The van der Waals surface area contributed by atoms with Crippen molar-refractivity contribution in [2.24, 2.45) is 0 Å². The molecule has 1 aromatic heterocycles. The predicted molar refractivity (Wildman–Crippen MR) is 96.9 cm³/mol. The molecule has 1 N–H and O–H groups in total. The SMILES string of the molecule is Cc1cccc(Oc2ccc(NCc3cnc(Cl)s3)cc2)c1C. The van der Waals surface area contributed by atoms with Gasteiger partial charge in [-0.25, -0.2) is 4.98 Å². The van der Waals surface area contributed by atoms with Gasteiger partial charge in [0.15, 0.2) is 4.47 Å². The second-order valence-electron chi connectivity index (χ2n) is 5.26. The Morgan fingerprint density at radius 2 is 1.91 bits per heavy atom. The molecule has 0 atom stereocenters. The zero-order chi connectivity index (χ0) is 16.2. The molecule has 0 fully saturated rings. The topological polar surface area (TPSA) is 34.1 Å². The molecular formula is C18H17ClN2OS. The van der Waals surface area contributed by atoms with Crippen molar-refractivity contribution in [1.29, 1.82) is 0 Å². The van der Waals surface area contributed by atoms with Gasteiger partial charge in [-0.2, -0.15) is 0 Å². The summed E-state index contributed by atoms with van der Waals surface area (Å²) in [5.41, 5.74) is 3.42. The number of hydrogen-bond donors (Lipinski definition) is 1. The van der Waals surface area contributed by atoms with E-state index in [4.69, 9.17) is 16.3 Å². The molecule has 23 heavy (non-hydrogen) atoms. The second kappa shape index (κ2) is 7.02. The number of nitrogens with zero attached hydrogens (tertiary/aromatic N) is 1. The molecule has 3 aromatic rings. The van der Waals surface area contributed by atoms with Gasteiger partial charge >= 0.3 is 0 Å². The van der Waals surface area contributed by atoms with Gasteiger partial charge in [0.2, 0.25) is 0 Å². The molecule has 0 spiro atoms. The average Bonchev–Trinajstić information content (AvgIpc) is 2.97. The Labute approximate surface area is 144 Å². The van der Waals surface area contributed by atoms with Crippen LogP contribution in [0.4, 0.5) is 5.69 Å². The van der Waals surface area contributed by atoms with Gasteiger partial charge in [0, 0.05) is 16.8 Å². The number of thiazole rings is 1. The second-order valence-corrected chi connectivity index (χ2v) is 6.95. The Hall–Kier alpha value is -2.04. The van der Waals surface area contributed by atoms with Gasteiger partial charge in [0.25, 0.3) is 0 Å². The summed E-state index contributed by atoms with van der Waals surface area (Å²) in [4.78, 5) is 5.13. The highest BCUT2D eigenvalue weighted by atomic mass is 35.5. The fourth-order valence-electron chi connectivity index (χ4n) is 2.16. The molecule has 0 aliphatic carbocycles. The number of nitrogens with one attached hydrogen (secondary N) is 1. The van der Waals surface area contributed by atoms with E-state index in [1.54, 1.807) is 6.20 Å². The van der Waals surface area contributed by atoms with Crippen LogP contribution in [0.25, 0.3) is 0 Å². The number of halogens is 1. The zero-order valence-electron chi connectivity index (χ0n) is 13.0. The smallest absolute Gasteiger partial charge is 0.183 e. The van der Waals surface area contributed by atoms with Crippen LogP contribution >= 0.6 is 22.9 Å². The summed E-state index contributed by atoms with van der Waals surface area (Å²) in [6, 6.07) is 14.0. The van der Waals surface area contributed by atoms with E-state index in [9.17, 15) is 0 Å². The fraction of sp³-hybridized carbons (Fsp3) is 0.167. The highest BCUT2D eigenvalue weighted by Gasteiger charge is 2.04. The van der Waals surface area contributed by atoms with Crippen LogP contribution in [0.1, 0.15) is 16.0 Å². The van der Waals surface area contributed by atoms with E-state index in [2.05, 4.69) is 30.2 Å². The summed E-state index contributed by atoms with van der Waals surface area (Å²) in [5, 5.41) is 3.34. The predicted octanol–water partition coefficient (Wildman–Crippen LogP) is 5.82. The summed E-state index contributed by atoms with van der Waals surface area (Å²) >= 11 is 7.31. The largest absolute Gasteiger partial charge is 0.457 e. The molecule has 0 bridgehead atoms. The Bertz CT molecular complexity index is 799. The van der Waals surface area contributed by atoms with E-state index in [0.29, 0.717) is 11.0 Å². The monoisotopic (exact) mass is 344 g/mol. The van der Waals surface area contributed by atoms with Gasteiger partial charge in [-0.05, 0) is 55.3 Å². The molecule has 3 rings (SSSR count). The maximum absolute atomic E-state index is 5.96. The van der Waals surface area contributed by atoms with Crippen LogP contribution in [-0.2, 0) is 6.54 Å². The van der Waals surface area contributed by atoms with Gasteiger partial charge in [-0.3, -0.25) is 0 Å². The maximum atomic E-state index is 5.96. The number of aryl methyl sites for hydroxylation is 1. The number of ether oxygens (including phenoxy) is 1. The molecule has 5 heteroatoms. The molecule has 3 nitrogen and oxygen atoms in total. The van der Waals surface area contributed by atoms with Crippen molar-refractivity contribution < 1.29 is 4.74 Å². The summed E-state index contributed by atoms with van der Waals surface area (Å²) in [7, 11) is 0. The molecule has 0 saturated heterocycles. The quantitative estimate of drug-likeness (QED) is 0.633. The highest BCUT2D eigenvalue weighted by Crippen LogP contribution is 2.28. The highest BCUT2D eigenvalue weighted by molar-refractivity contribution is 7.15. The molecule has 1 heterocycles. The fourth-order valence-corrected chi connectivity index (χ4v) is 3.07. The van der Waals surface area contributed by atoms with Gasteiger partial charge in [-0.15, -0.1) is 11.3 Å². The van der Waals surface area contributed by atoms with Crippen LogP contribution in [0.2, 0.25) is 4.47 Å². The van der Waals surface area contributed by atoms with Crippen LogP contribution < -0.4 is 10.1 Å². The van der Waals surface area contributed by atoms with Crippen LogP contribution in [0.5, 0.6) is 11.5 Å². The first-order chi connectivity index (χ1) is 11.1. The van der Waals surface area contributed by atoms with Crippen LogP contribution in [-0.4, -0.2) is 4.98 Å². The van der Waals surface area contributed by atoms with E-state index in [-0.39, 0.29) is 0 Å². The first kappa shape index (κ1) is 15.8. The third-order valence-electron chi connectivity index (χ3n) is 3.63. The number of benzene rings is 2. The van der Waals surface area contributed by atoms with Gasteiger partial charge in [0.05, 0.1) is 6.54 Å². The van der Waals surface area contributed by atoms with Crippen molar-refractivity contribution in [1.82, 2.24) is 4.98 Å². The minimum atomic E-state index is 0.569. The van der Waals surface area contributed by atoms with Crippen molar-refractivity contribution in [2.45, 2.75) is 20.4 Å². The molecule has 0 unspecified atom stereocenters. The lowest BCUT2D eigenvalue weighted by Gasteiger charge is -2.11. The maximum Gasteiger partial charge on any atom is 0.183 e. The Morgan fingerprint density at radius 3 is 2.61 bits per heavy atom. The first-order valence-corrected chi connectivity index (χ1v) is 8.49. The van der Waals surface area contributed by atoms with E-state index in [0.717, 1.165) is 27.6 Å². The van der Waals surface area contributed by atoms with Crippen molar-refractivity contribution in [3.63, 3.8) is 0 Å². The molecule has 118 valence electrons. The minimum Gasteiger partial charge on any atom is -0.457 e. The molecule has 0 amide bonds. The van der Waals surface area contributed by atoms with E-state index in [1.165, 1.54) is 16.9 Å². The van der Waals surface area contributed by atoms with Crippen LogP contribution in [0.15, 0.2) is 48.7 Å². The first-order valence-electron chi connectivity index (χ1n) is 7.30. The number of anilines is 1. The summed E-state index contributed by atoms with van der Waals surface area (Å²) in [5.74, 6) is 1.72. The Morgan fingerprint density at radius 1 is 1.13 bits per heavy atom. The van der Waals surface area contributed by atoms with Crippen LogP contribution in [0.3, 0.4) is 0 Å². The minimum absolute atomic E-state index is 0.569. The van der Waals surface area contributed by atoms with Crippen LogP contribution in [0, 0.1) is 13.8 Å². The van der Waals surface area contributed by atoms with Crippen molar-refractivity contribution in [3.05, 3.63) is 69.1 Å². The zero-order valence-corrected chi connectivity index (χ0v) is 14.5. The number of rotatable bonds is 5. The molecule has 0 saturated carbocycles. The lowest BCUT2D eigenvalue weighted by Crippen LogP contribution is -1.97. The molecule has 0 aliphatic heterocycles. The molecule has 2 aromatic carbocycles. The van der Waals surface area contributed by atoms with Gasteiger partial charge in [-0.1, -0.05) is 23.7 Å². The molecule has 0 radical (unpaired) electrons. The van der Waals surface area contributed by atoms with E-state index in [1.807, 2.05) is 36.4 Å². The Kier molecular flexibility index (Phi) is 4.84. The number of hydrogen-bond acceptors (Lipinski definition) is 4. The normalized spacial score (nSPS) is 10.6. The van der Waals surface area contributed by atoms with E-state index >= 15 is 0 Å². The van der Waals surface area contributed by atoms with Crippen molar-refractivity contribution >= 4 is 28.6 Å². The Balaban J connectivity index is 1.63. The van der Waals surface area contributed by atoms with Crippen molar-refractivity contribution in [2.75, 3.05) is 5.32 Å². The lowest BCUT2D eigenvalue weighted by molar-refractivity contribution is 0.478. The van der Waals surface area contributed by atoms with Crippen molar-refractivity contribution in [3.8, 4) is 11.5 Å². The summed E-state index contributed by atoms with van der Waals surface area (Å²) < 4.78 is 6.53. The lowest BCUT2D eigenvalue weighted by atomic mass is 10.1. The third kappa shape index (κ3) is 4.03. The molecular weight excluding hydrogens is 328 g/mol. The van der Waals surface area contributed by atoms with E-state index < -0.39 is 0 Å². The van der Waals surface area contributed by atoms with Gasteiger partial charge < -0.3 is 10.1 Å². The average molecular weight is 345 g/mol. The summed E-state index contributed by atoms with van der Waals surface area (Å²) in [6.07, 6.45) is 1.79. The third-order valence-corrected chi connectivity index (χ3v) is 4.74. The molecule has 0 aliphatic rings.